The SMILES string of the molecule is CCC(O)C(C)C1OC1CC(C)(O)/C=C/C=C(\C)C1OC(=O)CC(O)CCC(C)(O)C(ON2CCN(CCCC(F)(F)F)CC2)/C=C/C1C. The number of alkyl halides is 3. The van der Waals surface area contributed by atoms with Gasteiger partial charge in [-0.25, -0.2) is 0 Å². The fourth-order valence-corrected chi connectivity index (χ4v) is 6.51. The van der Waals surface area contributed by atoms with Crippen LogP contribution in [0.2, 0.25) is 0 Å². The van der Waals surface area contributed by atoms with E-state index in [-0.39, 0.29) is 49.7 Å². The Morgan fingerprint density at radius 1 is 1.22 bits per heavy atom. The minimum absolute atomic E-state index is 0.0238. The van der Waals surface area contributed by atoms with E-state index in [1.54, 1.807) is 43.2 Å². The number of piperazine rings is 1. The molecule has 282 valence electrons. The van der Waals surface area contributed by atoms with E-state index in [1.165, 1.54) is 0 Å². The first-order chi connectivity index (χ1) is 22.8. The number of ether oxygens (including phenoxy) is 2. The van der Waals surface area contributed by atoms with Gasteiger partial charge in [0.15, 0.2) is 0 Å². The van der Waals surface area contributed by atoms with Gasteiger partial charge in [-0.2, -0.15) is 18.2 Å². The van der Waals surface area contributed by atoms with Crippen LogP contribution >= 0.6 is 0 Å². The van der Waals surface area contributed by atoms with Crippen LogP contribution in [-0.2, 0) is 19.1 Å². The molecule has 0 aromatic heterocycles. The first-order valence-electron chi connectivity index (χ1n) is 17.7. The van der Waals surface area contributed by atoms with Crippen molar-refractivity contribution in [3.63, 3.8) is 0 Å². The van der Waals surface area contributed by atoms with E-state index >= 15 is 0 Å². The molecule has 0 radical (unpaired) electrons. The molecule has 0 saturated carbocycles. The van der Waals surface area contributed by atoms with Crippen molar-refractivity contribution in [1.29, 1.82) is 0 Å². The summed E-state index contributed by atoms with van der Waals surface area (Å²) >= 11 is 0. The number of esters is 1. The van der Waals surface area contributed by atoms with Crippen LogP contribution in [-0.4, -0.2) is 123 Å². The average molecular weight is 705 g/mol. The van der Waals surface area contributed by atoms with Gasteiger partial charge in [-0.05, 0) is 58.6 Å². The van der Waals surface area contributed by atoms with Gasteiger partial charge in [0.05, 0.1) is 42.0 Å². The summed E-state index contributed by atoms with van der Waals surface area (Å²) in [5.74, 6) is -0.947. The van der Waals surface area contributed by atoms with Gasteiger partial charge in [0.2, 0.25) is 0 Å². The summed E-state index contributed by atoms with van der Waals surface area (Å²) in [5.41, 5.74) is -1.86. The second-order valence-corrected chi connectivity index (χ2v) is 14.7. The summed E-state index contributed by atoms with van der Waals surface area (Å²) in [5, 5.41) is 44.9. The van der Waals surface area contributed by atoms with Crippen molar-refractivity contribution < 1.29 is 52.7 Å². The molecule has 0 spiro atoms. The van der Waals surface area contributed by atoms with Gasteiger partial charge < -0.3 is 34.8 Å². The molecular formula is C36H59F3N2O8. The van der Waals surface area contributed by atoms with E-state index in [4.69, 9.17) is 14.3 Å². The standard InChI is InChI=1S/C36H59F3N2O8/c1-7-28(43)26(4)33-29(47-33)23-34(5,45)14-8-10-24(2)32-25(3)11-12-30(35(6,46)16-13-27(42)22-31(44)48-32)49-41-20-18-40(19-21-41)17-9-15-36(37,38)39/h8,10-12,14,25-30,32-33,42-43,45-46H,7,9,13,15-23H2,1-6H3/b12-11+,14-8+,24-10+. The fourth-order valence-electron chi connectivity index (χ4n) is 6.51. The van der Waals surface area contributed by atoms with E-state index in [2.05, 4.69) is 0 Å². The lowest BCUT2D eigenvalue weighted by Crippen LogP contribution is -2.51. The van der Waals surface area contributed by atoms with Gasteiger partial charge >= 0.3 is 12.1 Å². The molecule has 0 aromatic carbocycles. The Hall–Kier alpha value is -1.84. The number of rotatable bonds is 13. The molecule has 10 unspecified atom stereocenters. The molecule has 13 heteroatoms. The Bertz CT molecular complexity index is 1140. The number of halogens is 3. The van der Waals surface area contributed by atoms with E-state index in [1.807, 2.05) is 38.7 Å². The van der Waals surface area contributed by atoms with Crippen molar-refractivity contribution in [2.45, 2.75) is 140 Å². The number of epoxide rings is 1. The molecule has 3 aliphatic rings. The van der Waals surface area contributed by atoms with E-state index in [9.17, 15) is 38.4 Å². The van der Waals surface area contributed by atoms with Crippen LogP contribution in [0.4, 0.5) is 13.2 Å². The van der Waals surface area contributed by atoms with Crippen molar-refractivity contribution in [2.24, 2.45) is 11.8 Å². The van der Waals surface area contributed by atoms with Crippen LogP contribution in [0.3, 0.4) is 0 Å². The Morgan fingerprint density at radius 3 is 2.53 bits per heavy atom. The van der Waals surface area contributed by atoms with Crippen molar-refractivity contribution >= 4 is 5.97 Å². The number of aliphatic hydroxyl groups is 4. The van der Waals surface area contributed by atoms with Gasteiger partial charge in [-0.3, -0.25) is 9.63 Å². The summed E-state index contributed by atoms with van der Waals surface area (Å²) in [6.45, 7) is 13.2. The summed E-state index contributed by atoms with van der Waals surface area (Å²) < 4.78 is 49.3. The average Bonchev–Trinajstić information content (AvgIpc) is 3.77. The van der Waals surface area contributed by atoms with Crippen molar-refractivity contribution in [3.8, 4) is 0 Å². The highest BCUT2D eigenvalue weighted by molar-refractivity contribution is 5.70. The summed E-state index contributed by atoms with van der Waals surface area (Å²) in [7, 11) is 0. The number of aliphatic hydroxyl groups excluding tert-OH is 2. The minimum Gasteiger partial charge on any atom is -0.457 e. The summed E-state index contributed by atoms with van der Waals surface area (Å²) in [6.07, 6.45) is 1.59. The molecule has 3 aliphatic heterocycles. The number of nitrogens with zero attached hydrogens (tertiary/aromatic N) is 2. The van der Waals surface area contributed by atoms with Crippen molar-refractivity contribution in [3.05, 3.63) is 36.0 Å². The van der Waals surface area contributed by atoms with Crippen molar-refractivity contribution in [1.82, 2.24) is 9.96 Å². The first kappa shape index (κ1) is 41.6. The number of hydrogen-bond acceptors (Lipinski definition) is 10. The first-order valence-corrected chi connectivity index (χ1v) is 17.7. The predicted octanol–water partition coefficient (Wildman–Crippen LogP) is 4.46. The van der Waals surface area contributed by atoms with Crippen LogP contribution < -0.4 is 0 Å². The number of carbonyl (C=O) groups is 1. The summed E-state index contributed by atoms with van der Waals surface area (Å²) in [4.78, 5) is 21.1. The highest BCUT2D eigenvalue weighted by atomic mass is 19.4. The second-order valence-electron chi connectivity index (χ2n) is 14.7. The highest BCUT2D eigenvalue weighted by Gasteiger charge is 2.47. The zero-order valence-electron chi connectivity index (χ0n) is 29.9. The number of allylic oxidation sites excluding steroid dienone is 2. The minimum atomic E-state index is -4.17. The van der Waals surface area contributed by atoms with Crippen LogP contribution in [0.1, 0.15) is 86.5 Å². The van der Waals surface area contributed by atoms with Gasteiger partial charge in [-0.15, -0.1) is 0 Å². The molecule has 0 aliphatic carbocycles. The van der Waals surface area contributed by atoms with Crippen LogP contribution in [0.5, 0.6) is 0 Å². The third-order valence-corrected chi connectivity index (χ3v) is 9.90. The van der Waals surface area contributed by atoms with Crippen LogP contribution in [0, 0.1) is 11.8 Å². The molecule has 10 atom stereocenters. The lowest BCUT2D eigenvalue weighted by atomic mass is 9.89. The number of hydroxylamine groups is 2. The molecule has 2 fully saturated rings. The molecule has 49 heavy (non-hydrogen) atoms. The lowest BCUT2D eigenvalue weighted by Gasteiger charge is -2.39. The molecule has 4 N–H and O–H groups in total. The maximum atomic E-state index is 12.8. The van der Waals surface area contributed by atoms with E-state index in [0.717, 1.165) is 0 Å². The maximum absolute atomic E-state index is 12.8. The molecule has 3 heterocycles. The third kappa shape index (κ3) is 14.0. The smallest absolute Gasteiger partial charge is 0.389 e. The molecule has 10 nitrogen and oxygen atoms in total. The maximum Gasteiger partial charge on any atom is 0.389 e. The molecular weight excluding hydrogens is 645 g/mol. The molecule has 0 bridgehead atoms. The largest absolute Gasteiger partial charge is 0.457 e. The van der Waals surface area contributed by atoms with E-state index in [0.29, 0.717) is 51.1 Å². The Kier molecular flexibility index (Phi) is 15.3. The number of carbonyl (C=O) groups excluding carboxylic acids is 1. The fraction of sp³-hybridized carbons (Fsp3) is 0.806. The lowest BCUT2D eigenvalue weighted by molar-refractivity contribution is -0.240. The molecule has 0 amide bonds. The van der Waals surface area contributed by atoms with Crippen LogP contribution in [0.15, 0.2) is 36.0 Å². The monoisotopic (exact) mass is 704 g/mol. The third-order valence-electron chi connectivity index (χ3n) is 9.90. The topological polar surface area (TPSA) is 135 Å². The quantitative estimate of drug-likeness (QED) is 0.0942. The molecule has 3 rings (SSSR count). The zero-order chi connectivity index (χ0) is 36.6. The molecule has 0 aromatic rings. The van der Waals surface area contributed by atoms with Gasteiger partial charge in [0.1, 0.15) is 12.2 Å². The molecule has 2 saturated heterocycles. The Labute approximate surface area is 289 Å². The number of cyclic esters (lactones) is 1. The number of hydrogen-bond donors (Lipinski definition) is 4. The van der Waals surface area contributed by atoms with Crippen molar-refractivity contribution in [2.75, 3.05) is 32.7 Å². The zero-order valence-corrected chi connectivity index (χ0v) is 29.9. The summed E-state index contributed by atoms with van der Waals surface area (Å²) in [6, 6.07) is 0. The predicted molar refractivity (Wildman–Crippen MR) is 179 cm³/mol. The second kappa shape index (κ2) is 18.1. The Morgan fingerprint density at radius 2 is 1.90 bits per heavy atom. The normalized spacial score (nSPS) is 34.8. The van der Waals surface area contributed by atoms with Gasteiger partial charge in [-0.1, -0.05) is 51.2 Å². The van der Waals surface area contributed by atoms with Gasteiger partial charge in [0, 0.05) is 50.9 Å². The highest BCUT2D eigenvalue weighted by Crippen LogP contribution is 2.37. The van der Waals surface area contributed by atoms with E-state index < -0.39 is 54.2 Å². The Balaban J connectivity index is 1.68. The van der Waals surface area contributed by atoms with Gasteiger partial charge in [0.25, 0.3) is 0 Å². The van der Waals surface area contributed by atoms with Crippen LogP contribution in [0.25, 0.3) is 0 Å².